The van der Waals surface area contributed by atoms with Gasteiger partial charge in [0, 0.05) is 30.7 Å². The van der Waals surface area contributed by atoms with Crippen LogP contribution in [0.15, 0.2) is 47.2 Å². The van der Waals surface area contributed by atoms with Gasteiger partial charge in [-0.05, 0) is 24.6 Å². The summed E-state index contributed by atoms with van der Waals surface area (Å²) < 4.78 is 11.6. The Morgan fingerprint density at radius 1 is 1.43 bits per heavy atom. The number of rotatable bonds is 5. The summed E-state index contributed by atoms with van der Waals surface area (Å²) in [5.74, 6) is 0.844. The van der Waals surface area contributed by atoms with Crippen molar-refractivity contribution in [3.63, 3.8) is 0 Å². The molecule has 0 aliphatic carbocycles. The van der Waals surface area contributed by atoms with Crippen molar-refractivity contribution in [2.45, 2.75) is 6.92 Å². The summed E-state index contributed by atoms with van der Waals surface area (Å²) >= 11 is 0. The number of furan rings is 1. The highest BCUT2D eigenvalue weighted by molar-refractivity contribution is 5.97. The number of aromatic amines is 1. The van der Waals surface area contributed by atoms with Crippen molar-refractivity contribution in [2.24, 2.45) is 5.92 Å². The monoisotopic (exact) mass is 375 g/mol. The number of allylic oxidation sites excluding steroid dienone is 1. The molecular formula is C21H19N4O3+. The van der Waals surface area contributed by atoms with Crippen LogP contribution in [0, 0.1) is 24.2 Å². The van der Waals surface area contributed by atoms with Gasteiger partial charge in [0.15, 0.2) is 23.3 Å². The number of nitrogens with one attached hydrogen (secondary N) is 1. The molecule has 3 aromatic rings. The molecule has 1 fully saturated rings. The molecule has 1 aromatic carbocycles. The van der Waals surface area contributed by atoms with Gasteiger partial charge in [0.1, 0.15) is 0 Å². The second-order valence-electron chi connectivity index (χ2n) is 6.66. The van der Waals surface area contributed by atoms with E-state index in [0.717, 1.165) is 10.9 Å². The van der Waals surface area contributed by atoms with Crippen LogP contribution in [0.2, 0.25) is 0 Å². The quantitative estimate of drug-likeness (QED) is 0.524. The number of carbonyl (C=O) groups excluding carboxylic acids is 1. The zero-order valence-corrected chi connectivity index (χ0v) is 15.3. The van der Waals surface area contributed by atoms with E-state index in [9.17, 15) is 4.79 Å². The Hall–Kier alpha value is -3.79. The summed E-state index contributed by atoms with van der Waals surface area (Å²) in [5.41, 5.74) is 2.60. The Kier molecular flexibility index (Phi) is 4.45. The number of nitrogens with zero attached hydrogens (tertiary/aromatic N) is 2. The Morgan fingerprint density at radius 2 is 2.25 bits per heavy atom. The maximum Gasteiger partial charge on any atom is 0.255 e. The van der Waals surface area contributed by atoms with Crippen LogP contribution >= 0.6 is 0 Å². The van der Waals surface area contributed by atoms with Crippen LogP contribution in [0.1, 0.15) is 21.6 Å². The molecule has 0 radical (unpaired) electrons. The number of benzene rings is 1. The molecule has 3 heterocycles. The second-order valence-corrected chi connectivity index (χ2v) is 6.66. The minimum atomic E-state index is -0.101. The number of hydrogen-bond donors (Lipinski definition) is 2. The lowest BCUT2D eigenvalue weighted by Gasteiger charge is -2.35. The molecule has 7 nitrogen and oxygen atoms in total. The van der Waals surface area contributed by atoms with Gasteiger partial charge >= 0.3 is 0 Å². The average molecular weight is 375 g/mol. The molecule has 0 saturated carbocycles. The van der Waals surface area contributed by atoms with E-state index in [1.165, 1.54) is 6.21 Å². The second kappa shape index (κ2) is 7.08. The molecule has 1 amide bonds. The van der Waals surface area contributed by atoms with Crippen molar-refractivity contribution in [3.8, 4) is 11.8 Å². The van der Waals surface area contributed by atoms with Gasteiger partial charge in [-0.2, -0.15) is 5.26 Å². The highest BCUT2D eigenvalue weighted by atomic mass is 16.5. The van der Waals surface area contributed by atoms with Crippen molar-refractivity contribution in [1.29, 1.82) is 5.26 Å². The van der Waals surface area contributed by atoms with Gasteiger partial charge in [-0.15, -0.1) is 0 Å². The minimum Gasteiger partial charge on any atom is -0.460 e. The van der Waals surface area contributed by atoms with E-state index in [2.05, 4.69) is 11.1 Å². The van der Waals surface area contributed by atoms with Crippen molar-refractivity contribution in [3.05, 3.63) is 59.6 Å². The SMILES string of the molecule is Cc1c(C(=O)N2CC(C#N)C2)c[nH]c1/C(=C\C=[NH2+])Oc1cccc2ccoc12. The first-order valence-corrected chi connectivity index (χ1v) is 8.89. The van der Waals surface area contributed by atoms with Crippen molar-refractivity contribution < 1.29 is 19.4 Å². The first-order chi connectivity index (χ1) is 13.6. The summed E-state index contributed by atoms with van der Waals surface area (Å²) in [5, 5.41) is 15.4. The summed E-state index contributed by atoms with van der Waals surface area (Å²) in [4.78, 5) is 17.5. The highest BCUT2D eigenvalue weighted by Gasteiger charge is 2.32. The van der Waals surface area contributed by atoms with Crippen LogP contribution in [-0.4, -0.2) is 35.1 Å². The third-order valence-electron chi connectivity index (χ3n) is 4.88. The number of hydrogen-bond acceptors (Lipinski definition) is 4. The number of likely N-dealkylation sites (tertiary alicyclic amines) is 1. The Morgan fingerprint density at radius 3 is 3.00 bits per heavy atom. The normalized spacial score (nSPS) is 14.6. The molecule has 1 aliphatic rings. The smallest absolute Gasteiger partial charge is 0.255 e. The number of para-hydroxylation sites is 1. The van der Waals surface area contributed by atoms with Gasteiger partial charge in [-0.1, -0.05) is 12.1 Å². The van der Waals surface area contributed by atoms with E-state index in [0.29, 0.717) is 41.4 Å². The third-order valence-corrected chi connectivity index (χ3v) is 4.88. The third kappa shape index (κ3) is 2.95. The van der Waals surface area contributed by atoms with Gasteiger partial charge in [-0.3, -0.25) is 10.2 Å². The van der Waals surface area contributed by atoms with Gasteiger partial charge in [-0.25, -0.2) is 0 Å². The summed E-state index contributed by atoms with van der Waals surface area (Å²) in [6.07, 6.45) is 6.28. The van der Waals surface area contributed by atoms with Crippen molar-refractivity contribution >= 4 is 28.9 Å². The Balaban J connectivity index is 1.63. The molecule has 0 bridgehead atoms. The van der Waals surface area contributed by atoms with E-state index in [4.69, 9.17) is 19.8 Å². The van der Waals surface area contributed by atoms with E-state index >= 15 is 0 Å². The molecule has 140 valence electrons. The lowest BCUT2D eigenvalue weighted by Crippen LogP contribution is -2.49. The number of amides is 1. The number of nitriles is 1. The molecule has 28 heavy (non-hydrogen) atoms. The van der Waals surface area contributed by atoms with Gasteiger partial charge < -0.3 is 19.0 Å². The number of H-pyrrole nitrogens is 1. The molecule has 1 saturated heterocycles. The predicted octanol–water partition coefficient (Wildman–Crippen LogP) is 1.91. The first kappa shape index (κ1) is 17.6. The van der Waals surface area contributed by atoms with Crippen LogP contribution in [0.5, 0.6) is 5.75 Å². The van der Waals surface area contributed by atoms with Gasteiger partial charge in [0.05, 0.1) is 29.5 Å². The van der Waals surface area contributed by atoms with Gasteiger partial charge in [0.2, 0.25) is 0 Å². The molecule has 4 rings (SSSR count). The molecular weight excluding hydrogens is 356 g/mol. The minimum absolute atomic E-state index is 0.0814. The first-order valence-electron chi connectivity index (χ1n) is 8.89. The molecule has 3 N–H and O–H groups in total. The lowest BCUT2D eigenvalue weighted by molar-refractivity contribution is -0.104. The summed E-state index contributed by atoms with van der Waals surface area (Å²) in [7, 11) is 0. The zero-order valence-electron chi connectivity index (χ0n) is 15.3. The van der Waals surface area contributed by atoms with Crippen LogP contribution < -0.4 is 10.1 Å². The van der Waals surface area contributed by atoms with Crippen LogP contribution in [0.25, 0.3) is 16.7 Å². The maximum atomic E-state index is 12.7. The molecule has 0 atom stereocenters. The standard InChI is InChI=1S/C21H18N4O3/c1-13-16(21(26)25-11-14(9-23)12-25)10-24-19(13)17(5-7-22)28-18-4-2-3-15-6-8-27-20(15)18/h2-8,10,14,22,24H,11-12H2,1H3/p+1/b17-5+,22-7?. The van der Waals surface area contributed by atoms with Crippen LogP contribution in [-0.2, 0) is 0 Å². The lowest BCUT2D eigenvalue weighted by atomic mass is 10.00. The fourth-order valence-electron chi connectivity index (χ4n) is 3.29. The summed E-state index contributed by atoms with van der Waals surface area (Å²) in [6, 6.07) is 9.65. The number of aromatic nitrogens is 1. The average Bonchev–Trinajstić information content (AvgIpc) is 3.27. The Labute approximate surface area is 161 Å². The molecule has 1 aliphatic heterocycles. The van der Waals surface area contributed by atoms with Crippen LogP contribution in [0.4, 0.5) is 0 Å². The maximum absolute atomic E-state index is 12.7. The largest absolute Gasteiger partial charge is 0.460 e. The number of ether oxygens (including phenoxy) is 1. The molecule has 0 spiro atoms. The van der Waals surface area contributed by atoms with E-state index in [1.807, 2.05) is 31.2 Å². The predicted molar refractivity (Wildman–Crippen MR) is 103 cm³/mol. The molecule has 0 unspecified atom stereocenters. The number of nitrogens with two attached hydrogens (primary N) is 1. The fraction of sp³-hybridized carbons (Fsp3) is 0.190. The zero-order chi connectivity index (χ0) is 19.7. The van der Waals surface area contributed by atoms with E-state index < -0.39 is 0 Å². The van der Waals surface area contributed by atoms with Crippen molar-refractivity contribution in [2.75, 3.05) is 13.1 Å². The topological polar surface area (TPSA) is 108 Å². The highest BCUT2D eigenvalue weighted by Crippen LogP contribution is 2.31. The fourth-order valence-corrected chi connectivity index (χ4v) is 3.29. The van der Waals surface area contributed by atoms with Crippen LogP contribution in [0.3, 0.4) is 0 Å². The van der Waals surface area contributed by atoms with Gasteiger partial charge in [0.25, 0.3) is 5.91 Å². The molecule has 7 heteroatoms. The Bertz CT molecular complexity index is 1130. The van der Waals surface area contributed by atoms with Crippen molar-refractivity contribution in [1.82, 2.24) is 9.88 Å². The molecule has 2 aromatic heterocycles. The number of fused-ring (bicyclic) bond motifs is 1. The van der Waals surface area contributed by atoms with E-state index in [-0.39, 0.29) is 11.8 Å². The van der Waals surface area contributed by atoms with E-state index in [1.54, 1.807) is 23.4 Å². The number of carbonyl (C=O) groups is 1. The summed E-state index contributed by atoms with van der Waals surface area (Å²) in [6.45, 7) is 2.78.